The summed E-state index contributed by atoms with van der Waals surface area (Å²) in [6.45, 7) is 2.76. The highest BCUT2D eigenvalue weighted by atomic mass is 16.1. The van der Waals surface area contributed by atoms with Crippen LogP contribution >= 0.6 is 0 Å². The average molecular weight is 233 g/mol. The lowest BCUT2D eigenvalue weighted by Crippen LogP contribution is -2.63. The molecule has 3 heterocycles. The number of rotatable bonds is 1. The van der Waals surface area contributed by atoms with Gasteiger partial charge in [0.15, 0.2) is 0 Å². The number of likely N-dealkylation sites (N-methyl/N-ethyl adjacent to an activating group) is 1. The van der Waals surface area contributed by atoms with Crippen molar-refractivity contribution >= 4 is 0 Å². The van der Waals surface area contributed by atoms with Gasteiger partial charge in [-0.15, -0.1) is 0 Å². The first-order valence-electron chi connectivity index (χ1n) is 6.20. The van der Waals surface area contributed by atoms with Crippen molar-refractivity contribution in [2.24, 2.45) is 0 Å². The number of fused-ring (bicyclic) bond motifs is 4. The first kappa shape index (κ1) is 11.0. The Morgan fingerprint density at radius 3 is 3.06 bits per heavy atom. The van der Waals surface area contributed by atoms with Crippen LogP contribution in [0.4, 0.5) is 0 Å². The van der Waals surface area contributed by atoms with Crippen LogP contribution in [0, 0.1) is 0 Å². The van der Waals surface area contributed by atoms with Crippen LogP contribution in [0.2, 0.25) is 0 Å². The molecule has 0 spiro atoms. The van der Waals surface area contributed by atoms with E-state index in [0.29, 0.717) is 5.92 Å². The molecule has 1 aromatic rings. The van der Waals surface area contributed by atoms with Crippen molar-refractivity contribution in [3.8, 4) is 0 Å². The summed E-state index contributed by atoms with van der Waals surface area (Å²) in [5.74, 6) is 0.466. The van der Waals surface area contributed by atoms with Crippen molar-refractivity contribution in [3.05, 3.63) is 34.2 Å². The molecule has 0 aliphatic carbocycles. The summed E-state index contributed by atoms with van der Waals surface area (Å²) < 4.78 is 1.97. The number of nitrogens with one attached hydrogen (secondary N) is 1. The van der Waals surface area contributed by atoms with Gasteiger partial charge in [0.1, 0.15) is 0 Å². The van der Waals surface area contributed by atoms with E-state index >= 15 is 0 Å². The van der Waals surface area contributed by atoms with Crippen LogP contribution in [-0.4, -0.2) is 42.2 Å². The SMILES string of the molecule is CN(C)[C@@]12CNC[C@@H](C1)c1cccc(=O)n1C2. The summed E-state index contributed by atoms with van der Waals surface area (Å²) in [7, 11) is 4.23. The van der Waals surface area contributed by atoms with E-state index in [1.54, 1.807) is 6.07 Å². The average Bonchev–Trinajstić information content (AvgIpc) is 2.31. The number of piperidine rings is 1. The molecular weight excluding hydrogens is 214 g/mol. The highest BCUT2D eigenvalue weighted by molar-refractivity contribution is 5.20. The van der Waals surface area contributed by atoms with E-state index in [0.717, 1.165) is 26.1 Å². The molecule has 2 bridgehead atoms. The van der Waals surface area contributed by atoms with E-state index in [-0.39, 0.29) is 11.1 Å². The van der Waals surface area contributed by atoms with Crippen LogP contribution < -0.4 is 10.9 Å². The minimum absolute atomic E-state index is 0.0983. The Bertz CT molecular complexity index is 494. The van der Waals surface area contributed by atoms with Crippen molar-refractivity contribution in [1.29, 1.82) is 0 Å². The number of aromatic nitrogens is 1. The summed E-state index contributed by atoms with van der Waals surface area (Å²) in [4.78, 5) is 14.3. The molecule has 92 valence electrons. The van der Waals surface area contributed by atoms with Crippen molar-refractivity contribution in [2.75, 3.05) is 27.2 Å². The van der Waals surface area contributed by atoms with Gasteiger partial charge in [0.2, 0.25) is 0 Å². The topological polar surface area (TPSA) is 37.3 Å². The second kappa shape index (κ2) is 3.68. The largest absolute Gasteiger partial charge is 0.314 e. The molecule has 17 heavy (non-hydrogen) atoms. The molecule has 2 aliphatic heterocycles. The third-order valence-electron chi connectivity index (χ3n) is 4.37. The number of pyridine rings is 1. The first-order valence-corrected chi connectivity index (χ1v) is 6.20. The molecule has 2 aliphatic rings. The van der Waals surface area contributed by atoms with Gasteiger partial charge in [-0.3, -0.25) is 4.79 Å². The summed E-state index contributed by atoms with van der Waals surface area (Å²) in [5, 5.41) is 3.51. The molecule has 0 unspecified atom stereocenters. The van der Waals surface area contributed by atoms with Gasteiger partial charge in [-0.1, -0.05) is 6.07 Å². The Balaban J connectivity index is 2.13. The Labute approximate surface area is 101 Å². The van der Waals surface area contributed by atoms with Crippen LogP contribution in [0.25, 0.3) is 0 Å². The van der Waals surface area contributed by atoms with Crippen LogP contribution in [0.15, 0.2) is 23.0 Å². The van der Waals surface area contributed by atoms with Gasteiger partial charge in [0.25, 0.3) is 5.56 Å². The van der Waals surface area contributed by atoms with E-state index in [1.165, 1.54) is 5.69 Å². The number of hydrogen-bond acceptors (Lipinski definition) is 3. The molecule has 1 N–H and O–H groups in total. The molecule has 0 aromatic carbocycles. The molecule has 4 heteroatoms. The maximum absolute atomic E-state index is 12.0. The predicted molar refractivity (Wildman–Crippen MR) is 67.3 cm³/mol. The minimum atomic E-state index is 0.0983. The summed E-state index contributed by atoms with van der Waals surface area (Å²) in [5.41, 5.74) is 1.43. The molecule has 3 rings (SSSR count). The van der Waals surface area contributed by atoms with Gasteiger partial charge in [0.05, 0.1) is 5.54 Å². The lowest BCUT2D eigenvalue weighted by molar-refractivity contribution is 0.0630. The van der Waals surface area contributed by atoms with Crippen LogP contribution in [-0.2, 0) is 6.54 Å². The molecule has 1 fully saturated rings. The highest BCUT2D eigenvalue weighted by Crippen LogP contribution is 2.37. The lowest BCUT2D eigenvalue weighted by Gasteiger charge is -2.50. The van der Waals surface area contributed by atoms with Gasteiger partial charge in [-0.05, 0) is 26.6 Å². The van der Waals surface area contributed by atoms with Gasteiger partial charge in [0, 0.05) is 37.3 Å². The van der Waals surface area contributed by atoms with Crippen molar-refractivity contribution in [3.63, 3.8) is 0 Å². The monoisotopic (exact) mass is 233 g/mol. The molecule has 2 atom stereocenters. The summed E-state index contributed by atoms with van der Waals surface area (Å²) >= 11 is 0. The predicted octanol–water partition coefficient (Wildman–Crippen LogP) is 0.239. The van der Waals surface area contributed by atoms with Gasteiger partial charge in [-0.25, -0.2) is 0 Å². The van der Waals surface area contributed by atoms with E-state index in [9.17, 15) is 4.79 Å². The highest BCUT2D eigenvalue weighted by Gasteiger charge is 2.43. The van der Waals surface area contributed by atoms with Gasteiger partial charge >= 0.3 is 0 Å². The maximum atomic E-state index is 12.0. The molecule has 0 saturated carbocycles. The third-order valence-corrected chi connectivity index (χ3v) is 4.37. The number of hydrogen-bond donors (Lipinski definition) is 1. The zero-order chi connectivity index (χ0) is 12.0. The standard InChI is InChI=1S/C13H19N3O/c1-15(2)13-6-10(7-14-8-13)11-4-3-5-12(17)16(11)9-13/h3-5,10,14H,6-9H2,1-2H3/t10-,13-/m1/s1. The molecule has 1 saturated heterocycles. The fraction of sp³-hybridized carbons (Fsp3) is 0.615. The third kappa shape index (κ3) is 1.55. The van der Waals surface area contributed by atoms with Crippen molar-refractivity contribution in [1.82, 2.24) is 14.8 Å². The normalized spacial score (nSPS) is 31.4. The second-order valence-electron chi connectivity index (χ2n) is 5.53. The lowest BCUT2D eigenvalue weighted by atomic mass is 9.77. The minimum Gasteiger partial charge on any atom is -0.314 e. The van der Waals surface area contributed by atoms with Gasteiger partial charge < -0.3 is 14.8 Å². The Morgan fingerprint density at radius 1 is 1.47 bits per heavy atom. The zero-order valence-corrected chi connectivity index (χ0v) is 10.4. The van der Waals surface area contributed by atoms with Crippen molar-refractivity contribution in [2.45, 2.75) is 24.4 Å². The molecular formula is C13H19N3O. The van der Waals surface area contributed by atoms with E-state index in [2.05, 4.69) is 30.4 Å². The maximum Gasteiger partial charge on any atom is 0.250 e. The fourth-order valence-corrected chi connectivity index (χ4v) is 3.25. The Kier molecular flexibility index (Phi) is 2.38. The van der Waals surface area contributed by atoms with Gasteiger partial charge in [-0.2, -0.15) is 0 Å². The van der Waals surface area contributed by atoms with E-state index < -0.39 is 0 Å². The smallest absolute Gasteiger partial charge is 0.250 e. The molecule has 0 amide bonds. The Hall–Kier alpha value is -1.13. The molecule has 4 nitrogen and oxygen atoms in total. The zero-order valence-electron chi connectivity index (χ0n) is 10.4. The quantitative estimate of drug-likeness (QED) is 0.755. The molecule has 1 aromatic heterocycles. The van der Waals surface area contributed by atoms with E-state index in [1.807, 2.05) is 10.6 Å². The second-order valence-corrected chi connectivity index (χ2v) is 5.53. The Morgan fingerprint density at radius 2 is 2.29 bits per heavy atom. The van der Waals surface area contributed by atoms with Crippen LogP contribution in [0.1, 0.15) is 18.0 Å². The fourth-order valence-electron chi connectivity index (χ4n) is 3.25. The summed E-state index contributed by atoms with van der Waals surface area (Å²) in [6.07, 6.45) is 1.15. The van der Waals surface area contributed by atoms with Crippen LogP contribution in [0.3, 0.4) is 0 Å². The molecule has 0 radical (unpaired) electrons. The van der Waals surface area contributed by atoms with E-state index in [4.69, 9.17) is 0 Å². The van der Waals surface area contributed by atoms with Crippen molar-refractivity contribution < 1.29 is 0 Å². The number of nitrogens with zero attached hydrogens (tertiary/aromatic N) is 2. The summed E-state index contributed by atoms with van der Waals surface area (Å²) in [6, 6.07) is 5.64. The first-order chi connectivity index (χ1) is 8.12. The van der Waals surface area contributed by atoms with Crippen LogP contribution in [0.5, 0.6) is 0 Å².